The van der Waals surface area contributed by atoms with E-state index < -0.39 is 16.1 Å². The molecule has 3 aromatic rings. The average Bonchev–Trinajstić information content (AvgIpc) is 3.35. The summed E-state index contributed by atoms with van der Waals surface area (Å²) in [7, 11) is 0. The van der Waals surface area contributed by atoms with Crippen molar-refractivity contribution in [2.75, 3.05) is 9.44 Å². The topological polar surface area (TPSA) is 135 Å². The lowest BCUT2D eigenvalue weighted by Gasteiger charge is -2.25. The Kier molecular flexibility index (Phi) is 9.21. The number of benzene rings is 1. The van der Waals surface area contributed by atoms with Crippen LogP contribution in [0, 0.1) is 11.2 Å². The molecule has 1 atom stereocenters. The van der Waals surface area contributed by atoms with Gasteiger partial charge < -0.3 is 19.1 Å². The van der Waals surface area contributed by atoms with Crippen molar-refractivity contribution in [1.82, 2.24) is 20.4 Å². The number of aromatic nitrogens is 3. The molecule has 0 aliphatic rings. The van der Waals surface area contributed by atoms with Gasteiger partial charge in [-0.05, 0) is 65.6 Å². The Bertz CT molecular complexity index is 1240. The van der Waals surface area contributed by atoms with E-state index in [1.807, 2.05) is 20.8 Å². The number of hydrogen-bond donors (Lipinski definition) is 4. The molecule has 37 heavy (non-hydrogen) atoms. The van der Waals surface area contributed by atoms with Gasteiger partial charge in [0.25, 0.3) is 0 Å². The highest BCUT2D eigenvalue weighted by Gasteiger charge is 2.29. The minimum atomic E-state index is -1.45. The maximum atomic E-state index is 14.1. The summed E-state index contributed by atoms with van der Waals surface area (Å²) in [4.78, 5) is 8.85. The average molecular weight is 546 g/mol. The van der Waals surface area contributed by atoms with Gasteiger partial charge in [0.05, 0.1) is 23.3 Å². The Morgan fingerprint density at radius 1 is 1.19 bits per heavy atom. The van der Waals surface area contributed by atoms with Crippen molar-refractivity contribution in [2.45, 2.75) is 57.6 Å². The Morgan fingerprint density at radius 3 is 2.54 bits per heavy atom. The van der Waals surface area contributed by atoms with Crippen molar-refractivity contribution < 1.29 is 13.5 Å². The summed E-state index contributed by atoms with van der Waals surface area (Å²) in [6.45, 7) is 11.9. The Hall–Kier alpha value is -3.09. The molecule has 4 N–H and O–H groups in total. The third-order valence-electron chi connectivity index (χ3n) is 4.67. The highest BCUT2D eigenvalue weighted by Crippen LogP contribution is 2.30. The van der Waals surface area contributed by atoms with E-state index in [2.05, 4.69) is 50.7 Å². The summed E-state index contributed by atoms with van der Waals surface area (Å²) in [5.74, 6) is 0.0792. The smallest absolute Gasteiger partial charge is 0.198 e. The van der Waals surface area contributed by atoms with Crippen LogP contribution in [-0.4, -0.2) is 34.9 Å². The quantitative estimate of drug-likeness (QED) is 0.147. The van der Waals surface area contributed by atoms with Crippen LogP contribution in [0.4, 0.5) is 15.9 Å². The molecule has 1 unspecified atom stereocenters. The highest BCUT2D eigenvalue weighted by atomic mass is 32.2. The van der Waals surface area contributed by atoms with Crippen molar-refractivity contribution in [3.8, 4) is 0 Å². The number of nitrogens with one attached hydrogen (secondary N) is 4. The van der Waals surface area contributed by atoms with E-state index in [1.54, 1.807) is 30.5 Å². The largest absolute Gasteiger partial charge is 0.593 e. The number of hydrogen-bond acceptors (Lipinski definition) is 10. The predicted molar refractivity (Wildman–Crippen MR) is 149 cm³/mol. The first-order valence-electron chi connectivity index (χ1n) is 11.5. The van der Waals surface area contributed by atoms with E-state index in [4.69, 9.17) is 9.93 Å². The first-order chi connectivity index (χ1) is 17.3. The summed E-state index contributed by atoms with van der Waals surface area (Å²) >= 11 is 0.0183. The standard InChI is InChI=1S/C25H32FN7O2S2/c1-24(2,3)36-32-21-15-29-22(30-23(21)33-37(34)25(4,5)6)18(27)13-20(19-11-12-35-31-19)28-14-16-9-7-8-10-17(16)26/h7-13,15,27-28,32H,14H2,1-6H3,(H,29,30,33)/b20-13-,27-18?. The van der Waals surface area contributed by atoms with E-state index >= 15 is 0 Å². The normalized spacial score (nSPS) is 13.2. The van der Waals surface area contributed by atoms with Crippen LogP contribution in [0.15, 0.2) is 53.4 Å². The maximum Gasteiger partial charge on any atom is 0.198 e. The van der Waals surface area contributed by atoms with E-state index in [1.165, 1.54) is 30.4 Å². The van der Waals surface area contributed by atoms with Gasteiger partial charge in [-0.1, -0.05) is 23.4 Å². The summed E-state index contributed by atoms with van der Waals surface area (Å²) in [6, 6.07) is 8.06. The molecular formula is C25H32FN7O2S2. The van der Waals surface area contributed by atoms with Gasteiger partial charge in [-0.25, -0.2) is 14.4 Å². The molecular weight excluding hydrogens is 513 g/mol. The van der Waals surface area contributed by atoms with E-state index in [9.17, 15) is 8.94 Å². The van der Waals surface area contributed by atoms with Gasteiger partial charge >= 0.3 is 0 Å². The van der Waals surface area contributed by atoms with Gasteiger partial charge in [-0.2, -0.15) is 4.72 Å². The van der Waals surface area contributed by atoms with Crippen LogP contribution in [-0.2, 0) is 17.9 Å². The first kappa shape index (κ1) is 28.5. The van der Waals surface area contributed by atoms with E-state index in [-0.39, 0.29) is 28.6 Å². The van der Waals surface area contributed by atoms with Gasteiger partial charge in [0.2, 0.25) is 0 Å². The number of rotatable bonds is 10. The molecule has 2 heterocycles. The second-order valence-corrected chi connectivity index (χ2v) is 13.7. The van der Waals surface area contributed by atoms with E-state index in [0.717, 1.165) is 0 Å². The second-order valence-electron chi connectivity index (χ2n) is 10.1. The van der Waals surface area contributed by atoms with Crippen molar-refractivity contribution in [1.29, 1.82) is 5.41 Å². The molecule has 0 fully saturated rings. The Labute approximate surface area is 224 Å². The summed E-state index contributed by atoms with van der Waals surface area (Å²) in [5.41, 5.74) is 1.85. The lowest BCUT2D eigenvalue weighted by atomic mass is 10.2. The summed E-state index contributed by atoms with van der Waals surface area (Å²) < 4.78 is 37.5. The fraction of sp³-hybridized carbons (Fsp3) is 0.360. The minimum Gasteiger partial charge on any atom is -0.593 e. The molecule has 0 saturated carbocycles. The van der Waals surface area contributed by atoms with Crippen LogP contribution in [0.25, 0.3) is 5.70 Å². The summed E-state index contributed by atoms with van der Waals surface area (Å²) in [5, 5.41) is 15.7. The lowest BCUT2D eigenvalue weighted by Crippen LogP contribution is -2.34. The van der Waals surface area contributed by atoms with E-state index in [0.29, 0.717) is 28.5 Å². The fourth-order valence-electron chi connectivity index (χ4n) is 2.72. The third-order valence-corrected chi connectivity index (χ3v) is 7.10. The molecule has 0 aliphatic heterocycles. The molecule has 0 aliphatic carbocycles. The zero-order valence-corrected chi connectivity index (χ0v) is 23.3. The molecule has 0 saturated heterocycles. The minimum absolute atomic E-state index is 0.0290. The van der Waals surface area contributed by atoms with Gasteiger partial charge in [0.1, 0.15) is 33.9 Å². The Balaban J connectivity index is 1.91. The number of allylic oxidation sites excluding steroid dienone is 1. The molecule has 0 radical (unpaired) electrons. The van der Waals surface area contributed by atoms with Crippen molar-refractivity contribution >= 4 is 46.2 Å². The summed E-state index contributed by atoms with van der Waals surface area (Å²) in [6.07, 6.45) is 4.45. The molecule has 9 nitrogen and oxygen atoms in total. The van der Waals surface area contributed by atoms with Crippen LogP contribution in [0.5, 0.6) is 0 Å². The zero-order chi connectivity index (χ0) is 27.2. The van der Waals surface area contributed by atoms with Gasteiger partial charge in [-0.3, -0.25) is 5.41 Å². The molecule has 12 heteroatoms. The number of nitrogens with zero attached hydrogens (tertiary/aromatic N) is 3. The van der Waals surface area contributed by atoms with Crippen LogP contribution in [0.2, 0.25) is 0 Å². The fourth-order valence-corrected chi connectivity index (χ4v) is 3.92. The maximum absolute atomic E-state index is 14.1. The first-order valence-corrected chi connectivity index (χ1v) is 13.5. The lowest BCUT2D eigenvalue weighted by molar-refractivity contribution is 0.417. The van der Waals surface area contributed by atoms with Gasteiger partial charge in [0.15, 0.2) is 11.6 Å². The molecule has 0 spiro atoms. The highest BCUT2D eigenvalue weighted by molar-refractivity contribution is 8.01. The monoisotopic (exact) mass is 545 g/mol. The van der Waals surface area contributed by atoms with Crippen LogP contribution >= 0.6 is 11.9 Å². The second kappa shape index (κ2) is 12.0. The Morgan fingerprint density at radius 2 is 1.92 bits per heavy atom. The van der Waals surface area contributed by atoms with Crippen LogP contribution in [0.3, 0.4) is 0 Å². The molecule has 0 bridgehead atoms. The molecule has 3 rings (SSSR count). The molecule has 2 aromatic heterocycles. The SMILES string of the molecule is CC(C)(C)SNc1cnc(C(=N)/C=C(\NCc2ccccc2F)c2ccon2)nc1N[S+]([O-])C(C)(C)C. The molecule has 0 amide bonds. The predicted octanol–water partition coefficient (Wildman–Crippen LogP) is 5.54. The van der Waals surface area contributed by atoms with Crippen molar-refractivity contribution in [3.63, 3.8) is 0 Å². The molecule has 198 valence electrons. The third kappa shape index (κ3) is 8.48. The van der Waals surface area contributed by atoms with Gasteiger partial charge in [-0.15, -0.1) is 0 Å². The zero-order valence-electron chi connectivity index (χ0n) is 21.7. The number of halogens is 1. The van der Waals surface area contributed by atoms with Crippen molar-refractivity contribution in [2.24, 2.45) is 0 Å². The number of anilines is 2. The van der Waals surface area contributed by atoms with Crippen molar-refractivity contribution in [3.05, 3.63) is 71.8 Å². The van der Waals surface area contributed by atoms with Crippen LogP contribution < -0.4 is 14.8 Å². The van der Waals surface area contributed by atoms with Gasteiger partial charge in [0, 0.05) is 22.9 Å². The molecule has 1 aromatic carbocycles. The van der Waals surface area contributed by atoms with Crippen LogP contribution in [0.1, 0.15) is 58.6 Å².